The first-order valence-electron chi connectivity index (χ1n) is 10.8. The van der Waals surface area contributed by atoms with E-state index in [2.05, 4.69) is 4.90 Å². The second-order valence-corrected chi connectivity index (χ2v) is 10.1. The maximum absolute atomic E-state index is 14.4. The molecule has 32 heavy (non-hydrogen) atoms. The predicted octanol–water partition coefficient (Wildman–Crippen LogP) is 5.87. The Kier molecular flexibility index (Phi) is 7.47. The van der Waals surface area contributed by atoms with Crippen molar-refractivity contribution in [1.82, 2.24) is 4.90 Å². The van der Waals surface area contributed by atoms with Crippen molar-refractivity contribution in [3.05, 3.63) is 101 Å². The molecule has 1 fully saturated rings. The number of nitrogens with zero attached hydrogens (tertiary/aromatic N) is 1. The van der Waals surface area contributed by atoms with Crippen molar-refractivity contribution in [3.8, 4) is 0 Å². The molecule has 0 spiro atoms. The van der Waals surface area contributed by atoms with Gasteiger partial charge in [-0.1, -0.05) is 56.3 Å². The van der Waals surface area contributed by atoms with Gasteiger partial charge in [-0.2, -0.15) is 0 Å². The predicted molar refractivity (Wildman–Crippen MR) is 124 cm³/mol. The van der Waals surface area contributed by atoms with E-state index in [9.17, 15) is 17.2 Å². The van der Waals surface area contributed by atoms with Crippen LogP contribution in [0.15, 0.2) is 77.7 Å². The van der Waals surface area contributed by atoms with Crippen LogP contribution < -0.4 is 0 Å². The topological polar surface area (TPSA) is 37.4 Å². The highest BCUT2D eigenvalue weighted by molar-refractivity contribution is 7.92. The third kappa shape index (κ3) is 4.62. The van der Waals surface area contributed by atoms with Crippen molar-refractivity contribution in [2.45, 2.75) is 43.4 Å². The standard InChI is InChI=1S/C24H23F2NO2S.C2H6/c1-18-7-8-20(15-23(18)26)24(30(28,29)22-11-9-21(25)10-12-22)13-14-27(17-24)16-19-5-3-2-4-6-19;1-2/h2-12,15H,13-14,16-17H2,1H3;1-2H3/t24-;/m0./s1. The van der Waals surface area contributed by atoms with Gasteiger partial charge in [-0.05, 0) is 60.4 Å². The molecule has 0 bridgehead atoms. The van der Waals surface area contributed by atoms with Gasteiger partial charge in [0.2, 0.25) is 0 Å². The van der Waals surface area contributed by atoms with Crippen LogP contribution in [-0.2, 0) is 21.1 Å². The number of hydrogen-bond acceptors (Lipinski definition) is 3. The third-order valence-corrected chi connectivity index (χ3v) is 8.39. The fourth-order valence-corrected chi connectivity index (χ4v) is 6.26. The SMILES string of the molecule is CC.Cc1ccc([C@]2(S(=O)(=O)c3ccc(F)cc3)CCN(Cc3ccccc3)C2)cc1F. The van der Waals surface area contributed by atoms with Crippen LogP contribution in [0.2, 0.25) is 0 Å². The zero-order chi connectivity index (χ0) is 23.4. The van der Waals surface area contributed by atoms with Gasteiger partial charge < -0.3 is 0 Å². The molecule has 0 saturated carbocycles. The van der Waals surface area contributed by atoms with E-state index in [4.69, 9.17) is 0 Å². The molecule has 3 aromatic carbocycles. The Bertz CT molecular complexity index is 1150. The van der Waals surface area contributed by atoms with Gasteiger partial charge in [0.05, 0.1) is 4.90 Å². The Morgan fingerprint density at radius 2 is 1.59 bits per heavy atom. The molecule has 0 aliphatic carbocycles. The van der Waals surface area contributed by atoms with Gasteiger partial charge in [-0.25, -0.2) is 17.2 Å². The number of hydrogen-bond donors (Lipinski definition) is 0. The summed E-state index contributed by atoms with van der Waals surface area (Å²) in [6.07, 6.45) is 0.335. The van der Waals surface area contributed by atoms with Crippen LogP contribution in [0.1, 0.15) is 37.0 Å². The molecular formula is C26H29F2NO2S. The summed E-state index contributed by atoms with van der Waals surface area (Å²) >= 11 is 0. The smallest absolute Gasteiger partial charge is 0.189 e. The number of sulfone groups is 1. The van der Waals surface area contributed by atoms with E-state index in [1.807, 2.05) is 44.2 Å². The van der Waals surface area contributed by atoms with Gasteiger partial charge in [0, 0.05) is 19.6 Å². The van der Waals surface area contributed by atoms with Crippen LogP contribution in [0.5, 0.6) is 0 Å². The van der Waals surface area contributed by atoms with Crippen molar-refractivity contribution in [1.29, 1.82) is 0 Å². The highest BCUT2D eigenvalue weighted by Gasteiger charge is 2.51. The monoisotopic (exact) mass is 457 g/mol. The van der Waals surface area contributed by atoms with Crippen LogP contribution in [-0.4, -0.2) is 26.4 Å². The van der Waals surface area contributed by atoms with Crippen LogP contribution in [0.25, 0.3) is 0 Å². The molecule has 6 heteroatoms. The summed E-state index contributed by atoms with van der Waals surface area (Å²) in [5, 5.41) is 0. The van der Waals surface area contributed by atoms with Gasteiger partial charge in [-0.3, -0.25) is 4.90 Å². The lowest BCUT2D eigenvalue weighted by atomic mass is 9.96. The van der Waals surface area contributed by atoms with Crippen molar-refractivity contribution in [2.24, 2.45) is 0 Å². The maximum Gasteiger partial charge on any atom is 0.189 e. The zero-order valence-electron chi connectivity index (χ0n) is 18.7. The summed E-state index contributed by atoms with van der Waals surface area (Å²) in [4.78, 5) is 2.13. The molecule has 3 nitrogen and oxygen atoms in total. The minimum atomic E-state index is -3.90. The number of aryl methyl sites for hydroxylation is 1. The van der Waals surface area contributed by atoms with Crippen molar-refractivity contribution in [3.63, 3.8) is 0 Å². The molecular weight excluding hydrogens is 428 g/mol. The molecule has 1 aliphatic heterocycles. The van der Waals surface area contributed by atoms with Crippen LogP contribution in [0.4, 0.5) is 8.78 Å². The first kappa shape index (κ1) is 24.1. The van der Waals surface area contributed by atoms with Gasteiger partial charge in [-0.15, -0.1) is 0 Å². The lowest BCUT2D eigenvalue weighted by Gasteiger charge is -2.30. The quantitative estimate of drug-likeness (QED) is 0.450. The summed E-state index contributed by atoms with van der Waals surface area (Å²) in [7, 11) is -3.90. The highest BCUT2D eigenvalue weighted by Crippen LogP contribution is 2.44. The van der Waals surface area contributed by atoms with Crippen LogP contribution in [0, 0.1) is 18.6 Å². The lowest BCUT2D eigenvalue weighted by molar-refractivity contribution is 0.320. The molecule has 0 amide bonds. The molecule has 3 aromatic rings. The molecule has 0 radical (unpaired) electrons. The average molecular weight is 458 g/mol. The lowest BCUT2D eigenvalue weighted by Crippen LogP contribution is -2.39. The number of benzene rings is 3. The second kappa shape index (κ2) is 9.92. The van der Waals surface area contributed by atoms with Gasteiger partial charge >= 0.3 is 0 Å². The van der Waals surface area contributed by atoms with E-state index in [0.717, 1.165) is 17.7 Å². The van der Waals surface area contributed by atoms with Crippen molar-refractivity contribution < 1.29 is 17.2 Å². The van der Waals surface area contributed by atoms with E-state index >= 15 is 0 Å². The summed E-state index contributed by atoms with van der Waals surface area (Å²) < 4.78 is 54.1. The third-order valence-electron chi connectivity index (χ3n) is 5.90. The fraction of sp³-hybridized carbons (Fsp3) is 0.308. The first-order chi connectivity index (χ1) is 15.3. The molecule has 1 saturated heterocycles. The molecule has 1 heterocycles. The largest absolute Gasteiger partial charge is 0.297 e. The van der Waals surface area contributed by atoms with Crippen molar-refractivity contribution >= 4 is 9.84 Å². The van der Waals surface area contributed by atoms with Gasteiger partial charge in [0.1, 0.15) is 16.4 Å². The van der Waals surface area contributed by atoms with Crippen molar-refractivity contribution in [2.75, 3.05) is 13.1 Å². The van der Waals surface area contributed by atoms with Crippen LogP contribution >= 0.6 is 0 Å². The van der Waals surface area contributed by atoms with E-state index in [1.54, 1.807) is 19.1 Å². The fourth-order valence-electron chi connectivity index (χ4n) is 4.16. The zero-order valence-corrected chi connectivity index (χ0v) is 19.5. The summed E-state index contributed by atoms with van der Waals surface area (Å²) in [6, 6.07) is 19.4. The number of rotatable bonds is 5. The number of halogens is 2. The Balaban J connectivity index is 0.00000141. The first-order valence-corrected chi connectivity index (χ1v) is 12.3. The minimum absolute atomic E-state index is 0.0476. The summed E-state index contributed by atoms with van der Waals surface area (Å²) in [5.74, 6) is -0.927. The number of likely N-dealkylation sites (tertiary alicyclic amines) is 1. The Hall–Kier alpha value is -2.57. The molecule has 170 valence electrons. The van der Waals surface area contributed by atoms with E-state index < -0.39 is 26.2 Å². The molecule has 0 aromatic heterocycles. The van der Waals surface area contributed by atoms with E-state index in [0.29, 0.717) is 30.6 Å². The van der Waals surface area contributed by atoms with E-state index in [1.165, 1.54) is 18.2 Å². The second-order valence-electron chi connectivity index (χ2n) is 7.86. The molecule has 0 N–H and O–H groups in total. The minimum Gasteiger partial charge on any atom is -0.297 e. The molecule has 4 rings (SSSR count). The molecule has 1 atom stereocenters. The summed E-state index contributed by atoms with van der Waals surface area (Å²) in [5.41, 5.74) is 1.99. The Morgan fingerprint density at radius 3 is 2.22 bits per heavy atom. The van der Waals surface area contributed by atoms with E-state index in [-0.39, 0.29) is 11.4 Å². The Morgan fingerprint density at radius 1 is 0.938 bits per heavy atom. The molecule has 0 unspecified atom stereocenters. The molecule has 1 aliphatic rings. The van der Waals surface area contributed by atoms with Gasteiger partial charge in [0.15, 0.2) is 9.84 Å². The van der Waals surface area contributed by atoms with Crippen LogP contribution in [0.3, 0.4) is 0 Å². The average Bonchev–Trinajstić information content (AvgIpc) is 3.23. The summed E-state index contributed by atoms with van der Waals surface area (Å²) in [6.45, 7) is 7.06. The van der Waals surface area contributed by atoms with Gasteiger partial charge in [0.25, 0.3) is 0 Å². The highest BCUT2D eigenvalue weighted by atomic mass is 32.2. The maximum atomic E-state index is 14.4. The normalized spacial score (nSPS) is 18.8. The Labute approximate surface area is 189 Å².